The van der Waals surface area contributed by atoms with Gasteiger partial charge in [-0.2, -0.15) is 0 Å². The molecule has 39 heavy (non-hydrogen) atoms. The third-order valence-corrected chi connectivity index (χ3v) is 10.2. The van der Waals surface area contributed by atoms with Gasteiger partial charge in [0.2, 0.25) is 5.91 Å². The van der Waals surface area contributed by atoms with Crippen LogP contribution in [0.2, 0.25) is 0 Å². The Balaban J connectivity index is 1.54. The Morgan fingerprint density at radius 3 is 2.49 bits per heavy atom. The van der Waals surface area contributed by atoms with Gasteiger partial charge in [-0.05, 0) is 14.0 Å². The number of nitrogens with zero attached hydrogens (tertiary/aromatic N) is 3. The quantitative estimate of drug-likeness (QED) is 0.242. The van der Waals surface area contributed by atoms with E-state index in [9.17, 15) is 19.5 Å². The fraction of sp³-hybridized carbons (Fsp3) is 0.536. The fourth-order valence-corrected chi connectivity index (χ4v) is 7.68. The van der Waals surface area contributed by atoms with Crippen LogP contribution in [0.4, 0.5) is 0 Å². The van der Waals surface area contributed by atoms with Gasteiger partial charge in [-0.15, -0.1) is 0 Å². The van der Waals surface area contributed by atoms with Crippen molar-refractivity contribution in [3.63, 3.8) is 0 Å². The minimum atomic E-state index is -0.788. The summed E-state index contributed by atoms with van der Waals surface area (Å²) in [7, 11) is 2.05. The maximum atomic E-state index is 13.2. The predicted octanol–water partition coefficient (Wildman–Crippen LogP) is -1.70. The molecule has 0 aliphatic carbocycles. The number of piperazine rings is 1. The van der Waals surface area contributed by atoms with Crippen molar-refractivity contribution in [3.8, 4) is 0 Å². The number of β-amino-alcohol motifs (C(OH)–C–C–N with tert-alkyl or cyclic N) is 1. The van der Waals surface area contributed by atoms with Gasteiger partial charge in [0, 0.05) is 26.2 Å². The molecule has 0 radical (unpaired) electrons. The van der Waals surface area contributed by atoms with E-state index in [2.05, 4.69) is 59.4 Å². The molecule has 0 bridgehead atoms. The second-order valence-electron chi connectivity index (χ2n) is 10.0. The van der Waals surface area contributed by atoms with Crippen LogP contribution in [-0.2, 0) is 20.9 Å². The van der Waals surface area contributed by atoms with Crippen LogP contribution in [0.3, 0.4) is 0 Å². The first-order valence-electron chi connectivity index (χ1n) is 13.2. The number of likely N-dealkylation sites (N-methyl/N-ethyl adjacent to an activating group) is 1. The van der Waals surface area contributed by atoms with Gasteiger partial charge in [-0.1, -0.05) is 0 Å². The van der Waals surface area contributed by atoms with E-state index in [1.807, 2.05) is 16.2 Å². The number of likely N-dealkylation sites (tertiary alicyclic amines) is 1. The minimum absolute atomic E-state index is 0.0702. The number of carbonyl (C=O) groups is 3. The van der Waals surface area contributed by atoms with Crippen LogP contribution < -0.4 is 31.8 Å². The second kappa shape index (κ2) is 15.2. The molecule has 3 N–H and O–H groups in total. The molecule has 216 valence electrons. The second-order valence-corrected chi connectivity index (χ2v) is 13.9. The third-order valence-electron chi connectivity index (χ3n) is 7.02. The van der Waals surface area contributed by atoms with Crippen LogP contribution in [0.25, 0.3) is 4.91 Å². The summed E-state index contributed by atoms with van der Waals surface area (Å²) >= 11 is 1.55. The molecule has 2 aliphatic rings. The number of hydrogen-bond donors (Lipinski definition) is 3. The average Bonchev–Trinajstić information content (AvgIpc) is 3.31. The molecule has 9 nitrogen and oxygen atoms in total. The van der Waals surface area contributed by atoms with E-state index in [-0.39, 0.29) is 58.4 Å². The summed E-state index contributed by atoms with van der Waals surface area (Å²) in [6, 6.07) is 6.55. The number of halogens is 1. The van der Waals surface area contributed by atoms with Crippen LogP contribution in [-0.4, -0.2) is 108 Å². The Hall–Kier alpha value is -1.93. The molecule has 0 saturated carbocycles. The maximum absolute atomic E-state index is 13.2. The number of allylic oxidation sites excluding steroid dienone is 1. The number of nitrogens with one attached hydrogen (secondary N) is 2. The van der Waals surface area contributed by atoms with Crippen molar-refractivity contribution in [1.29, 1.82) is 0 Å². The first kappa shape index (κ1) is 31.6. The molecule has 2 aliphatic heterocycles. The number of amides is 3. The fourth-order valence-electron chi connectivity index (χ4n) is 4.82. The van der Waals surface area contributed by atoms with E-state index in [1.165, 1.54) is 13.4 Å². The number of carbonyl (C=O) groups excluding carboxylic acids is 3. The van der Waals surface area contributed by atoms with Crippen LogP contribution in [0.15, 0.2) is 38.5 Å². The summed E-state index contributed by atoms with van der Waals surface area (Å²) in [4.78, 5) is 45.7. The molecule has 3 atom stereocenters. The van der Waals surface area contributed by atoms with E-state index < -0.39 is 18.2 Å². The van der Waals surface area contributed by atoms with Crippen molar-refractivity contribution in [3.05, 3.63) is 49.6 Å². The van der Waals surface area contributed by atoms with Crippen molar-refractivity contribution >= 4 is 34.4 Å². The monoisotopic (exact) mass is 670 g/mol. The molecule has 2 fully saturated rings. The zero-order valence-corrected chi connectivity index (χ0v) is 26.3. The van der Waals surface area contributed by atoms with Gasteiger partial charge >= 0.3 is 159 Å². The molecule has 3 amide bonds. The molecule has 3 rings (SSSR count). The van der Waals surface area contributed by atoms with E-state index >= 15 is 0 Å². The molecular formula is C28H41IN5O4S-. The predicted molar refractivity (Wildman–Crippen MR) is 152 cm³/mol. The van der Waals surface area contributed by atoms with Crippen LogP contribution in [0, 0.1) is 0 Å². The van der Waals surface area contributed by atoms with Crippen molar-refractivity contribution in [1.82, 2.24) is 25.3 Å². The molecule has 1 aromatic rings. The molecule has 11 heteroatoms. The van der Waals surface area contributed by atoms with Gasteiger partial charge in [0.25, 0.3) is 0 Å². The number of thioether (sulfide) groups is 1. The summed E-state index contributed by atoms with van der Waals surface area (Å²) < 4.78 is 3.37. The van der Waals surface area contributed by atoms with Crippen molar-refractivity contribution in [2.24, 2.45) is 0 Å². The Morgan fingerprint density at radius 2 is 1.87 bits per heavy atom. The van der Waals surface area contributed by atoms with Crippen molar-refractivity contribution < 1.29 is 40.7 Å². The molecule has 1 aromatic carbocycles. The van der Waals surface area contributed by atoms with Gasteiger partial charge in [0.1, 0.15) is 6.04 Å². The van der Waals surface area contributed by atoms with Crippen LogP contribution in [0.1, 0.15) is 31.4 Å². The summed E-state index contributed by atoms with van der Waals surface area (Å²) in [6.45, 7) is 11.7. The van der Waals surface area contributed by atoms with E-state index in [1.54, 1.807) is 18.7 Å². The Kier molecular flexibility index (Phi) is 12.3. The first-order chi connectivity index (χ1) is 18.6. The van der Waals surface area contributed by atoms with Gasteiger partial charge < -0.3 is 15.3 Å². The number of aliphatic hydroxyl groups is 1. The summed E-state index contributed by atoms with van der Waals surface area (Å²) in [5.41, 5.74) is 2.10. The SMILES string of the molecule is C=C[I-]/C(C)=C(\SC)c1ccc(CNC(=O)[C@H]2C[C@H](O)CN2C(=O)[C@@H](C)NC(=O)CN2CCN(C)CC2)cc1. The summed E-state index contributed by atoms with van der Waals surface area (Å²) in [6.07, 6.45) is 1.46. The van der Waals surface area contributed by atoms with E-state index in [0.29, 0.717) is 6.54 Å². The number of benzene rings is 1. The van der Waals surface area contributed by atoms with Crippen LogP contribution in [0.5, 0.6) is 0 Å². The topological polar surface area (TPSA) is 105 Å². The zero-order chi connectivity index (χ0) is 28.5. The normalized spacial score (nSPS) is 21.8. The molecule has 0 spiro atoms. The van der Waals surface area contributed by atoms with Gasteiger partial charge in [0.05, 0.1) is 6.54 Å². The summed E-state index contributed by atoms with van der Waals surface area (Å²) in [5.74, 6) is -0.890. The summed E-state index contributed by atoms with van der Waals surface area (Å²) in [5, 5.41) is 16.0. The Bertz CT molecular complexity index is 1060. The number of rotatable bonds is 11. The molecule has 2 heterocycles. The molecular weight excluding hydrogens is 629 g/mol. The van der Waals surface area contributed by atoms with E-state index in [4.69, 9.17) is 0 Å². The number of aliphatic hydroxyl groups excluding tert-OH is 1. The first-order valence-corrected chi connectivity index (χ1v) is 16.7. The average molecular weight is 671 g/mol. The molecule has 2 saturated heterocycles. The van der Waals surface area contributed by atoms with Gasteiger partial charge in [-0.25, -0.2) is 0 Å². The van der Waals surface area contributed by atoms with Gasteiger partial charge in [-0.3, -0.25) is 14.5 Å². The molecule has 0 unspecified atom stereocenters. The van der Waals surface area contributed by atoms with E-state index in [0.717, 1.165) is 37.3 Å². The van der Waals surface area contributed by atoms with Crippen LogP contribution >= 0.6 is 11.8 Å². The third kappa shape index (κ3) is 9.04. The number of hydrogen-bond acceptors (Lipinski definition) is 7. The Morgan fingerprint density at radius 1 is 1.21 bits per heavy atom. The van der Waals surface area contributed by atoms with Gasteiger partial charge in [0.15, 0.2) is 0 Å². The Labute approximate surface area is 246 Å². The molecule has 0 aromatic heterocycles. The van der Waals surface area contributed by atoms with Crippen molar-refractivity contribution in [2.45, 2.75) is 45.0 Å². The zero-order valence-electron chi connectivity index (χ0n) is 23.3. The standard InChI is InChI=1S/C28H41IN5O4S/c1-6-29-19(2)26(39-5)22-9-7-21(8-10-22)16-30-27(37)24-15-23(35)17-34(24)28(38)20(3)31-25(36)18-33-13-11-32(4)12-14-33/h6-10,20,23-24,35H,1,11-18H2,2-5H3,(H,30,37)(H,31,36)/q-1/b26-19-/t20-,23+,24-/m1/s1. The van der Waals surface area contributed by atoms with Crippen molar-refractivity contribution in [2.75, 3.05) is 52.6 Å².